The zero-order valence-corrected chi connectivity index (χ0v) is 15.8. The second-order valence-corrected chi connectivity index (χ2v) is 7.99. The number of hydrogen-bond donors (Lipinski definition) is 2. The summed E-state index contributed by atoms with van der Waals surface area (Å²) in [6.07, 6.45) is -3.59. The molecule has 0 saturated carbocycles. The molecule has 1 aromatic heterocycles. The molecule has 1 aliphatic rings. The Morgan fingerprint density at radius 3 is 2.52 bits per heavy atom. The van der Waals surface area contributed by atoms with Crippen LogP contribution in [0.5, 0.6) is 0 Å². The van der Waals surface area contributed by atoms with Crippen LogP contribution in [0.15, 0.2) is 46.1 Å². The normalized spacial score (nSPS) is 17.9. The van der Waals surface area contributed by atoms with Crippen LogP contribution in [0.4, 0.5) is 13.2 Å². The van der Waals surface area contributed by atoms with E-state index in [-0.39, 0.29) is 24.2 Å². The maximum Gasteiger partial charge on any atom is 0.416 e. The number of hydrogen-bond acceptors (Lipinski definition) is 5. The molecule has 0 radical (unpaired) electrons. The first-order valence-corrected chi connectivity index (χ1v) is 9.81. The van der Waals surface area contributed by atoms with Gasteiger partial charge in [-0.1, -0.05) is 12.1 Å². The van der Waals surface area contributed by atoms with Gasteiger partial charge < -0.3 is 14.6 Å². The van der Waals surface area contributed by atoms with E-state index in [0.717, 1.165) is 41.5 Å². The van der Waals surface area contributed by atoms with Gasteiger partial charge in [-0.05, 0) is 24.7 Å². The van der Waals surface area contributed by atoms with E-state index in [0.29, 0.717) is 0 Å². The molecule has 1 unspecified atom stereocenters. The van der Waals surface area contributed by atoms with Crippen molar-refractivity contribution < 1.29 is 35.6 Å². The zero-order chi connectivity index (χ0) is 21.4. The zero-order valence-electron chi connectivity index (χ0n) is 15.0. The number of rotatable bonds is 4. The summed E-state index contributed by atoms with van der Waals surface area (Å²) >= 11 is 0. The minimum atomic E-state index is -4.53. The maximum atomic E-state index is 12.9. The van der Waals surface area contributed by atoms with Crippen molar-refractivity contribution in [2.75, 3.05) is 20.1 Å². The average molecular weight is 431 g/mol. The van der Waals surface area contributed by atoms with Crippen molar-refractivity contribution in [3.63, 3.8) is 0 Å². The molecule has 0 bridgehead atoms. The number of piperazine rings is 1. The van der Waals surface area contributed by atoms with Crippen LogP contribution in [0.1, 0.15) is 27.5 Å². The summed E-state index contributed by atoms with van der Waals surface area (Å²) < 4.78 is 68.9. The number of furan rings is 1. The van der Waals surface area contributed by atoms with Gasteiger partial charge >= 0.3 is 6.18 Å². The van der Waals surface area contributed by atoms with Gasteiger partial charge in [0.25, 0.3) is 15.9 Å². The molecule has 1 atom stereocenters. The molecule has 29 heavy (non-hydrogen) atoms. The quantitative estimate of drug-likeness (QED) is 0.763. The molecule has 1 aliphatic heterocycles. The van der Waals surface area contributed by atoms with Crippen molar-refractivity contribution in [2.45, 2.75) is 17.3 Å². The van der Waals surface area contributed by atoms with Gasteiger partial charge in [0.2, 0.25) is 11.0 Å². The van der Waals surface area contributed by atoms with Gasteiger partial charge in [0.15, 0.2) is 0 Å². The van der Waals surface area contributed by atoms with Gasteiger partial charge in [0.1, 0.15) is 12.3 Å². The molecular formula is C17H16F3N3O5S. The fourth-order valence-electron chi connectivity index (χ4n) is 2.91. The van der Waals surface area contributed by atoms with E-state index in [1.807, 2.05) is 4.72 Å². The number of benzene rings is 1. The van der Waals surface area contributed by atoms with Crippen molar-refractivity contribution in [3.05, 3.63) is 53.3 Å². The predicted octanol–water partition coefficient (Wildman–Crippen LogP) is 1.52. The largest absolute Gasteiger partial charge is 0.451 e. The number of nitrogens with zero attached hydrogens (tertiary/aromatic N) is 1. The monoisotopic (exact) mass is 431 g/mol. The van der Waals surface area contributed by atoms with Gasteiger partial charge in [-0.25, -0.2) is 13.1 Å². The Kier molecular flexibility index (Phi) is 5.41. The average Bonchev–Trinajstić information content (AvgIpc) is 3.18. The Morgan fingerprint density at radius 2 is 1.93 bits per heavy atom. The molecule has 8 nitrogen and oxygen atoms in total. The van der Waals surface area contributed by atoms with E-state index in [1.54, 1.807) is 0 Å². The maximum absolute atomic E-state index is 12.9. The molecule has 1 fully saturated rings. The van der Waals surface area contributed by atoms with Crippen molar-refractivity contribution in [2.24, 2.45) is 0 Å². The summed E-state index contributed by atoms with van der Waals surface area (Å²) in [5, 5.41) is 2.09. The van der Waals surface area contributed by atoms with Gasteiger partial charge in [-0.2, -0.15) is 13.2 Å². The summed E-state index contributed by atoms with van der Waals surface area (Å²) in [7, 11) is -2.73. The van der Waals surface area contributed by atoms with Crippen LogP contribution in [-0.4, -0.2) is 45.3 Å². The number of carbonyl (C=O) groups is 2. The number of amides is 2. The smallest absolute Gasteiger partial charge is 0.416 e. The second kappa shape index (κ2) is 7.52. The Balaban J connectivity index is 1.92. The van der Waals surface area contributed by atoms with Crippen LogP contribution in [-0.2, 0) is 21.0 Å². The number of alkyl halides is 3. The number of carbonyl (C=O) groups excluding carboxylic acids is 2. The molecule has 2 aromatic rings. The fourth-order valence-corrected chi connectivity index (χ4v) is 3.57. The molecule has 1 aromatic carbocycles. The van der Waals surface area contributed by atoms with E-state index >= 15 is 0 Å². The summed E-state index contributed by atoms with van der Waals surface area (Å²) in [6, 6.07) is 3.77. The molecule has 156 valence electrons. The van der Waals surface area contributed by atoms with Gasteiger partial charge in [-0.3, -0.25) is 9.59 Å². The van der Waals surface area contributed by atoms with Crippen molar-refractivity contribution >= 4 is 21.8 Å². The molecule has 2 heterocycles. The van der Waals surface area contributed by atoms with E-state index in [1.165, 1.54) is 7.05 Å². The lowest BCUT2D eigenvalue weighted by Crippen LogP contribution is -2.52. The van der Waals surface area contributed by atoms with Crippen LogP contribution in [0.3, 0.4) is 0 Å². The van der Waals surface area contributed by atoms with Crippen LogP contribution < -0.4 is 10.0 Å². The summed E-state index contributed by atoms with van der Waals surface area (Å²) in [5.74, 6) is -1.25. The van der Waals surface area contributed by atoms with E-state index in [4.69, 9.17) is 4.42 Å². The Hall–Kier alpha value is -2.86. The highest BCUT2D eigenvalue weighted by atomic mass is 32.2. The highest BCUT2D eigenvalue weighted by Crippen LogP contribution is 2.32. The summed E-state index contributed by atoms with van der Waals surface area (Å²) in [5.41, 5.74) is -0.798. The van der Waals surface area contributed by atoms with Crippen molar-refractivity contribution in [1.29, 1.82) is 0 Å². The lowest BCUT2D eigenvalue weighted by atomic mass is 10.00. The van der Waals surface area contributed by atoms with E-state index < -0.39 is 44.7 Å². The van der Waals surface area contributed by atoms with Crippen LogP contribution in [0.25, 0.3) is 0 Å². The van der Waals surface area contributed by atoms with Crippen molar-refractivity contribution in [3.8, 4) is 0 Å². The molecule has 2 amide bonds. The second-order valence-electron chi connectivity index (χ2n) is 6.17. The molecule has 2 N–H and O–H groups in total. The molecule has 3 rings (SSSR count). The third-order valence-corrected chi connectivity index (χ3v) is 5.66. The summed E-state index contributed by atoms with van der Waals surface area (Å²) in [6.45, 7) is 0.219. The highest BCUT2D eigenvalue weighted by Gasteiger charge is 2.37. The summed E-state index contributed by atoms with van der Waals surface area (Å²) in [4.78, 5) is 26.4. The van der Waals surface area contributed by atoms with Gasteiger partial charge in [0.05, 0.1) is 11.1 Å². The van der Waals surface area contributed by atoms with Crippen LogP contribution in [0, 0.1) is 0 Å². The minimum absolute atomic E-state index is 0.0789. The lowest BCUT2D eigenvalue weighted by Gasteiger charge is -2.35. The number of sulfonamides is 1. The van der Waals surface area contributed by atoms with Gasteiger partial charge in [-0.15, -0.1) is 0 Å². The highest BCUT2D eigenvalue weighted by molar-refractivity contribution is 7.89. The first-order valence-electron chi connectivity index (χ1n) is 8.32. The number of halogens is 3. The van der Waals surface area contributed by atoms with Crippen molar-refractivity contribution in [1.82, 2.24) is 14.9 Å². The topological polar surface area (TPSA) is 109 Å². The molecule has 1 saturated heterocycles. The lowest BCUT2D eigenvalue weighted by molar-refractivity contribution is -0.137. The van der Waals surface area contributed by atoms with E-state index in [9.17, 15) is 31.2 Å². The Bertz CT molecular complexity index is 1030. The third kappa shape index (κ3) is 4.12. The molecular weight excluding hydrogens is 415 g/mol. The first-order chi connectivity index (χ1) is 13.5. The Labute approximate surface area is 163 Å². The number of nitrogens with one attached hydrogen (secondary N) is 2. The van der Waals surface area contributed by atoms with Gasteiger partial charge in [0, 0.05) is 19.2 Å². The minimum Gasteiger partial charge on any atom is -0.451 e. The first kappa shape index (κ1) is 20.9. The molecule has 12 heteroatoms. The van der Waals surface area contributed by atoms with E-state index in [2.05, 4.69) is 5.32 Å². The molecule has 0 aliphatic carbocycles. The van der Waals surface area contributed by atoms with Crippen LogP contribution in [0.2, 0.25) is 0 Å². The predicted molar refractivity (Wildman–Crippen MR) is 93.2 cm³/mol. The standard InChI is InChI=1S/C17H16F3N3O5S/c1-21-29(26,27)13-8-11(9-28-13)16(25)23-7-6-22-15(24)14(23)10-2-4-12(5-3-10)17(18,19)20/h2-5,8-9,14,21H,6-7H2,1H3,(H,22,24). The SMILES string of the molecule is CNS(=O)(=O)c1cc(C(=O)N2CCNC(=O)C2c2ccc(C(F)(F)F)cc2)co1. The molecule has 0 spiro atoms. The Morgan fingerprint density at radius 1 is 1.28 bits per heavy atom. The fraction of sp³-hybridized carbons (Fsp3) is 0.294. The van der Waals surface area contributed by atoms with Crippen LogP contribution >= 0.6 is 0 Å². The third-order valence-electron chi connectivity index (χ3n) is 4.38.